The third-order valence-corrected chi connectivity index (χ3v) is 3.88. The second-order valence-corrected chi connectivity index (χ2v) is 6.07. The van der Waals surface area contributed by atoms with Gasteiger partial charge >= 0.3 is 0 Å². The first-order valence-corrected chi connectivity index (χ1v) is 8.50. The average Bonchev–Trinajstić information content (AvgIpc) is 2.71. The normalized spacial score (nSPS) is 10.6. The summed E-state index contributed by atoms with van der Waals surface area (Å²) in [5.41, 5.74) is 3.72. The number of amides is 2. The Balaban J connectivity index is 1.75. The van der Waals surface area contributed by atoms with Crippen LogP contribution in [-0.2, 0) is 0 Å². The number of pyridine rings is 1. The van der Waals surface area contributed by atoms with E-state index in [4.69, 9.17) is 11.6 Å². The fourth-order valence-electron chi connectivity index (χ4n) is 2.28. The highest BCUT2D eigenvalue weighted by atomic mass is 35.5. The molecule has 2 amide bonds. The first-order valence-electron chi connectivity index (χ1n) is 8.13. The molecule has 0 bridgehead atoms. The van der Waals surface area contributed by atoms with Crippen LogP contribution in [0.3, 0.4) is 0 Å². The molecule has 0 spiro atoms. The van der Waals surface area contributed by atoms with E-state index in [0.717, 1.165) is 0 Å². The lowest BCUT2D eigenvalue weighted by atomic mass is 10.1. The summed E-state index contributed by atoms with van der Waals surface area (Å²) in [4.78, 5) is 28.7. The van der Waals surface area contributed by atoms with Gasteiger partial charge in [-0.05, 0) is 48.0 Å². The van der Waals surface area contributed by atoms with Crippen molar-refractivity contribution in [2.45, 2.75) is 0 Å². The van der Waals surface area contributed by atoms with E-state index in [1.165, 1.54) is 48.8 Å². The van der Waals surface area contributed by atoms with Crippen LogP contribution in [0.1, 0.15) is 26.3 Å². The van der Waals surface area contributed by atoms with Gasteiger partial charge in [0.15, 0.2) is 0 Å². The molecule has 0 saturated heterocycles. The Morgan fingerprint density at radius 3 is 2.57 bits per heavy atom. The number of rotatable bonds is 5. The summed E-state index contributed by atoms with van der Waals surface area (Å²) in [6.45, 7) is 0. The maximum atomic E-state index is 12.9. The van der Waals surface area contributed by atoms with Crippen molar-refractivity contribution < 1.29 is 14.0 Å². The summed E-state index contributed by atoms with van der Waals surface area (Å²) in [5, 5.41) is 6.83. The Bertz CT molecular complexity index is 1020. The molecule has 0 saturated carbocycles. The van der Waals surface area contributed by atoms with E-state index < -0.39 is 11.8 Å². The summed E-state index contributed by atoms with van der Waals surface area (Å²) in [6.07, 6.45) is 4.34. The van der Waals surface area contributed by atoms with Gasteiger partial charge in [-0.15, -0.1) is 0 Å². The van der Waals surface area contributed by atoms with Crippen LogP contribution in [-0.4, -0.2) is 23.0 Å². The zero-order chi connectivity index (χ0) is 19.9. The van der Waals surface area contributed by atoms with Gasteiger partial charge in [0.25, 0.3) is 11.8 Å². The molecule has 6 nitrogen and oxygen atoms in total. The average molecular weight is 397 g/mol. The Labute approximate surface area is 165 Å². The molecule has 0 fully saturated rings. The molecule has 2 N–H and O–H groups in total. The van der Waals surface area contributed by atoms with Gasteiger partial charge in [-0.1, -0.05) is 23.7 Å². The van der Waals surface area contributed by atoms with Gasteiger partial charge in [-0.25, -0.2) is 9.82 Å². The SMILES string of the molecule is O=C(Nc1ccc(Cl)cc1C(=O)N/N=C/c1ccc(F)cc1)c1cccnc1. The number of nitrogens with zero attached hydrogens (tertiary/aromatic N) is 2. The Morgan fingerprint density at radius 2 is 1.86 bits per heavy atom. The number of halogens is 2. The van der Waals surface area contributed by atoms with Crippen LogP contribution in [0.2, 0.25) is 5.02 Å². The molecule has 3 rings (SSSR count). The van der Waals surface area contributed by atoms with Crippen molar-refractivity contribution in [1.82, 2.24) is 10.4 Å². The molecule has 3 aromatic rings. The number of nitrogens with one attached hydrogen (secondary N) is 2. The summed E-state index contributed by atoms with van der Waals surface area (Å²) in [5.74, 6) is -1.35. The van der Waals surface area contributed by atoms with Gasteiger partial charge in [0.1, 0.15) is 5.82 Å². The topological polar surface area (TPSA) is 83.5 Å². The number of hydrogen-bond acceptors (Lipinski definition) is 4. The standard InChI is InChI=1S/C20H14ClFN4O2/c21-15-5-8-18(25-19(27)14-2-1-9-23-12-14)17(10-15)20(28)26-24-11-13-3-6-16(22)7-4-13/h1-12H,(H,25,27)(H,26,28)/b24-11+. The smallest absolute Gasteiger partial charge is 0.273 e. The summed E-state index contributed by atoms with van der Waals surface area (Å²) < 4.78 is 12.9. The first-order chi connectivity index (χ1) is 13.5. The zero-order valence-electron chi connectivity index (χ0n) is 14.4. The minimum absolute atomic E-state index is 0.140. The van der Waals surface area contributed by atoms with Crippen LogP contribution < -0.4 is 10.7 Å². The molecule has 0 unspecified atom stereocenters. The second kappa shape index (κ2) is 8.88. The molecule has 0 radical (unpaired) electrons. The number of carbonyl (C=O) groups excluding carboxylic acids is 2. The molecule has 28 heavy (non-hydrogen) atoms. The van der Waals surface area contributed by atoms with Crippen molar-refractivity contribution in [3.8, 4) is 0 Å². The number of carbonyl (C=O) groups is 2. The zero-order valence-corrected chi connectivity index (χ0v) is 15.2. The van der Waals surface area contributed by atoms with Crippen molar-refractivity contribution in [3.05, 3.63) is 94.5 Å². The summed E-state index contributed by atoms with van der Waals surface area (Å²) in [6, 6.07) is 13.3. The molecule has 0 aliphatic heterocycles. The van der Waals surface area contributed by atoms with Gasteiger partial charge in [0.05, 0.1) is 23.0 Å². The Morgan fingerprint density at radius 1 is 1.07 bits per heavy atom. The first kappa shape index (κ1) is 19.2. The molecular formula is C20H14ClFN4O2. The van der Waals surface area contributed by atoms with E-state index in [1.54, 1.807) is 24.4 Å². The van der Waals surface area contributed by atoms with Crippen LogP contribution in [0.4, 0.5) is 10.1 Å². The van der Waals surface area contributed by atoms with Gasteiger partial charge in [-0.3, -0.25) is 14.6 Å². The van der Waals surface area contributed by atoms with Crippen molar-refractivity contribution >= 4 is 35.3 Å². The van der Waals surface area contributed by atoms with Crippen LogP contribution >= 0.6 is 11.6 Å². The van der Waals surface area contributed by atoms with Gasteiger partial charge in [-0.2, -0.15) is 5.10 Å². The van der Waals surface area contributed by atoms with Crippen molar-refractivity contribution in [3.63, 3.8) is 0 Å². The van der Waals surface area contributed by atoms with Crippen molar-refractivity contribution in [1.29, 1.82) is 0 Å². The minimum atomic E-state index is -0.567. The Kier molecular flexibility index (Phi) is 6.08. The molecule has 2 aromatic carbocycles. The monoisotopic (exact) mass is 396 g/mol. The predicted octanol–water partition coefficient (Wildman–Crippen LogP) is 3.89. The van der Waals surface area contributed by atoms with E-state index in [0.29, 0.717) is 16.1 Å². The highest BCUT2D eigenvalue weighted by Crippen LogP contribution is 2.21. The maximum Gasteiger partial charge on any atom is 0.273 e. The van der Waals surface area contributed by atoms with Crippen molar-refractivity contribution in [2.75, 3.05) is 5.32 Å². The fourth-order valence-corrected chi connectivity index (χ4v) is 2.45. The van der Waals surface area contributed by atoms with Crippen LogP contribution in [0, 0.1) is 5.82 Å². The molecular weight excluding hydrogens is 383 g/mol. The number of benzene rings is 2. The van der Waals surface area contributed by atoms with Crippen molar-refractivity contribution in [2.24, 2.45) is 5.10 Å². The third-order valence-electron chi connectivity index (χ3n) is 3.65. The van der Waals surface area contributed by atoms with Crippen LogP contribution in [0.15, 0.2) is 72.1 Å². The maximum absolute atomic E-state index is 12.9. The third kappa shape index (κ3) is 4.99. The van der Waals surface area contributed by atoms with Gasteiger partial charge < -0.3 is 5.32 Å². The molecule has 8 heteroatoms. The quantitative estimate of drug-likeness (QED) is 0.507. The number of anilines is 1. The lowest BCUT2D eigenvalue weighted by Crippen LogP contribution is -2.21. The molecule has 1 heterocycles. The van der Waals surface area contributed by atoms with E-state index in [2.05, 4.69) is 20.8 Å². The van der Waals surface area contributed by atoms with E-state index >= 15 is 0 Å². The van der Waals surface area contributed by atoms with Crippen LogP contribution in [0.25, 0.3) is 0 Å². The van der Waals surface area contributed by atoms with Crippen LogP contribution in [0.5, 0.6) is 0 Å². The van der Waals surface area contributed by atoms with E-state index in [1.807, 2.05) is 0 Å². The van der Waals surface area contributed by atoms with E-state index in [9.17, 15) is 14.0 Å². The second-order valence-electron chi connectivity index (χ2n) is 5.64. The largest absolute Gasteiger partial charge is 0.321 e. The predicted molar refractivity (Wildman–Crippen MR) is 105 cm³/mol. The molecule has 0 atom stereocenters. The number of aromatic nitrogens is 1. The highest BCUT2D eigenvalue weighted by Gasteiger charge is 2.15. The summed E-state index contributed by atoms with van der Waals surface area (Å²) >= 11 is 5.98. The van der Waals surface area contributed by atoms with E-state index in [-0.39, 0.29) is 17.1 Å². The summed E-state index contributed by atoms with van der Waals surface area (Å²) in [7, 11) is 0. The lowest BCUT2D eigenvalue weighted by Gasteiger charge is -2.10. The highest BCUT2D eigenvalue weighted by molar-refractivity contribution is 6.31. The number of hydrogen-bond donors (Lipinski definition) is 2. The van der Waals surface area contributed by atoms with Gasteiger partial charge in [0, 0.05) is 17.4 Å². The minimum Gasteiger partial charge on any atom is -0.321 e. The number of hydrazone groups is 1. The molecule has 0 aliphatic rings. The Hall–Kier alpha value is -3.58. The molecule has 1 aromatic heterocycles. The fraction of sp³-hybridized carbons (Fsp3) is 0. The lowest BCUT2D eigenvalue weighted by molar-refractivity contribution is 0.0956. The molecule has 140 valence electrons. The van der Waals surface area contributed by atoms with Gasteiger partial charge in [0.2, 0.25) is 0 Å². The molecule has 0 aliphatic carbocycles.